The Bertz CT molecular complexity index is 981. The van der Waals surface area contributed by atoms with Gasteiger partial charge < -0.3 is 19.7 Å². The largest absolute Gasteiger partial charge is 0.454 e. The number of hydrogen-bond acceptors (Lipinski definition) is 5. The molecule has 7 heteroatoms. The molecule has 2 aliphatic heterocycles. The molecule has 2 amide bonds. The average molecular weight is 424 g/mol. The summed E-state index contributed by atoms with van der Waals surface area (Å²) >= 11 is 0. The predicted molar refractivity (Wildman–Crippen MR) is 118 cm³/mol. The Morgan fingerprint density at radius 1 is 1.03 bits per heavy atom. The van der Waals surface area contributed by atoms with Crippen molar-refractivity contribution in [1.29, 1.82) is 0 Å². The zero-order valence-corrected chi connectivity index (χ0v) is 18.3. The predicted octanol–water partition coefficient (Wildman–Crippen LogP) is 3.13. The molecular weight excluding hydrogens is 394 g/mol. The number of anilines is 1. The molecule has 0 aromatic heterocycles. The summed E-state index contributed by atoms with van der Waals surface area (Å²) < 4.78 is 10.8. The number of piperazine rings is 1. The molecule has 0 radical (unpaired) electrons. The van der Waals surface area contributed by atoms with Gasteiger partial charge in [-0.15, -0.1) is 0 Å². The minimum absolute atomic E-state index is 0.255. The second-order valence-electron chi connectivity index (χ2n) is 8.40. The number of carbonyl (C=O) groups is 2. The first-order chi connectivity index (χ1) is 14.9. The summed E-state index contributed by atoms with van der Waals surface area (Å²) in [5.74, 6) is 0.769. The third-order valence-electron chi connectivity index (χ3n) is 5.86. The number of fused-ring (bicyclic) bond motifs is 1. The van der Waals surface area contributed by atoms with E-state index in [2.05, 4.69) is 24.1 Å². The van der Waals surface area contributed by atoms with Gasteiger partial charge in [-0.1, -0.05) is 38.1 Å². The van der Waals surface area contributed by atoms with E-state index in [9.17, 15) is 9.59 Å². The monoisotopic (exact) mass is 423 g/mol. The van der Waals surface area contributed by atoms with Crippen LogP contribution in [0.5, 0.6) is 11.5 Å². The van der Waals surface area contributed by atoms with Crippen LogP contribution in [0.15, 0.2) is 36.4 Å². The molecule has 2 aromatic carbocycles. The Balaban J connectivity index is 1.33. The summed E-state index contributed by atoms with van der Waals surface area (Å²) in [4.78, 5) is 29.3. The lowest BCUT2D eigenvalue weighted by Gasteiger charge is -2.34. The van der Waals surface area contributed by atoms with E-state index in [1.165, 1.54) is 0 Å². The van der Waals surface area contributed by atoms with Crippen molar-refractivity contribution in [2.75, 3.05) is 38.3 Å². The Labute approximate surface area is 182 Å². The summed E-state index contributed by atoms with van der Waals surface area (Å²) in [6.07, 6.45) is 0. The van der Waals surface area contributed by atoms with Gasteiger partial charge in [0.1, 0.15) is 0 Å². The van der Waals surface area contributed by atoms with E-state index in [4.69, 9.17) is 9.47 Å². The summed E-state index contributed by atoms with van der Waals surface area (Å²) in [6.45, 7) is 9.63. The molecule has 31 heavy (non-hydrogen) atoms. The zero-order chi connectivity index (χ0) is 22.0. The Kier molecular flexibility index (Phi) is 6.13. The highest BCUT2D eigenvalue weighted by atomic mass is 16.7. The van der Waals surface area contributed by atoms with Crippen LogP contribution in [0.3, 0.4) is 0 Å². The molecule has 4 rings (SSSR count). The first-order valence-corrected chi connectivity index (χ1v) is 10.7. The molecule has 2 aliphatic rings. The van der Waals surface area contributed by atoms with Crippen LogP contribution in [0.2, 0.25) is 0 Å². The minimum Gasteiger partial charge on any atom is -0.454 e. The van der Waals surface area contributed by atoms with Gasteiger partial charge in [-0.3, -0.25) is 14.5 Å². The number of hydrogen-bond donors (Lipinski definition) is 1. The number of nitrogens with one attached hydrogen (secondary N) is 1. The molecule has 0 bridgehead atoms. The second kappa shape index (κ2) is 8.98. The highest BCUT2D eigenvalue weighted by Crippen LogP contribution is 2.33. The molecule has 0 saturated carbocycles. The number of para-hydroxylation sites is 1. The van der Waals surface area contributed by atoms with Gasteiger partial charge >= 0.3 is 11.8 Å². The fourth-order valence-electron chi connectivity index (χ4n) is 4.06. The molecule has 0 aliphatic carbocycles. The van der Waals surface area contributed by atoms with E-state index in [-0.39, 0.29) is 12.7 Å². The molecule has 1 saturated heterocycles. The molecule has 2 aromatic rings. The standard InChI is InChI=1S/C24H29N3O4/c1-16(2)19-6-4-5-17(3)22(19)25-23(28)24(29)27-11-9-26(10-12-27)14-18-7-8-20-21(13-18)31-15-30-20/h4-8,13,16H,9-12,14-15H2,1-3H3,(H,25,28). The van der Waals surface area contributed by atoms with Gasteiger partial charge in [0.15, 0.2) is 11.5 Å². The van der Waals surface area contributed by atoms with Crippen LogP contribution in [-0.2, 0) is 16.1 Å². The van der Waals surface area contributed by atoms with Crippen molar-refractivity contribution in [2.24, 2.45) is 0 Å². The van der Waals surface area contributed by atoms with Gasteiger partial charge in [-0.05, 0) is 41.7 Å². The van der Waals surface area contributed by atoms with Crippen molar-refractivity contribution in [3.63, 3.8) is 0 Å². The van der Waals surface area contributed by atoms with Crippen LogP contribution in [-0.4, -0.2) is 54.6 Å². The maximum absolute atomic E-state index is 12.8. The molecule has 0 spiro atoms. The number of benzene rings is 2. The van der Waals surface area contributed by atoms with E-state index < -0.39 is 11.8 Å². The van der Waals surface area contributed by atoms with Gasteiger partial charge in [-0.25, -0.2) is 0 Å². The average Bonchev–Trinajstić information content (AvgIpc) is 3.23. The zero-order valence-electron chi connectivity index (χ0n) is 18.3. The number of amides is 2. The molecular formula is C24H29N3O4. The van der Waals surface area contributed by atoms with Crippen LogP contribution in [0.4, 0.5) is 5.69 Å². The molecule has 1 N–H and O–H groups in total. The lowest BCUT2D eigenvalue weighted by molar-refractivity contribution is -0.144. The van der Waals surface area contributed by atoms with Gasteiger partial charge in [-0.2, -0.15) is 0 Å². The molecule has 7 nitrogen and oxygen atoms in total. The lowest BCUT2D eigenvalue weighted by atomic mass is 9.98. The highest BCUT2D eigenvalue weighted by molar-refractivity contribution is 6.39. The van der Waals surface area contributed by atoms with Gasteiger partial charge in [0, 0.05) is 38.4 Å². The Morgan fingerprint density at radius 2 is 1.77 bits per heavy atom. The van der Waals surface area contributed by atoms with E-state index in [1.807, 2.05) is 43.3 Å². The van der Waals surface area contributed by atoms with E-state index in [0.717, 1.165) is 53.5 Å². The summed E-state index contributed by atoms with van der Waals surface area (Å²) in [5, 5.41) is 2.86. The molecule has 164 valence electrons. The number of rotatable bonds is 4. The SMILES string of the molecule is Cc1cccc(C(C)C)c1NC(=O)C(=O)N1CCN(Cc2ccc3c(c2)OCO3)CC1. The summed E-state index contributed by atoms with van der Waals surface area (Å²) in [5.41, 5.74) is 3.88. The smallest absolute Gasteiger partial charge is 0.313 e. The maximum atomic E-state index is 12.8. The quantitative estimate of drug-likeness (QED) is 0.765. The first-order valence-electron chi connectivity index (χ1n) is 10.7. The second-order valence-corrected chi connectivity index (χ2v) is 8.40. The Morgan fingerprint density at radius 3 is 2.52 bits per heavy atom. The van der Waals surface area contributed by atoms with Crippen LogP contribution in [0, 0.1) is 6.92 Å². The van der Waals surface area contributed by atoms with Crippen molar-refractivity contribution in [3.8, 4) is 11.5 Å². The van der Waals surface area contributed by atoms with Crippen LogP contribution in [0.1, 0.15) is 36.5 Å². The number of carbonyl (C=O) groups excluding carboxylic acids is 2. The highest BCUT2D eigenvalue weighted by Gasteiger charge is 2.27. The summed E-state index contributed by atoms with van der Waals surface area (Å²) in [6, 6.07) is 11.9. The topological polar surface area (TPSA) is 71.1 Å². The van der Waals surface area contributed by atoms with Crippen molar-refractivity contribution in [3.05, 3.63) is 53.1 Å². The molecule has 0 atom stereocenters. The molecule has 0 unspecified atom stereocenters. The third kappa shape index (κ3) is 4.66. The number of aryl methyl sites for hydroxylation is 1. The fourth-order valence-corrected chi connectivity index (χ4v) is 4.06. The first kappa shape index (κ1) is 21.2. The van der Waals surface area contributed by atoms with Crippen molar-refractivity contribution >= 4 is 17.5 Å². The van der Waals surface area contributed by atoms with Gasteiger partial charge in [0.05, 0.1) is 0 Å². The third-order valence-corrected chi connectivity index (χ3v) is 5.86. The van der Waals surface area contributed by atoms with E-state index in [1.54, 1.807) is 4.90 Å². The normalized spacial score (nSPS) is 15.9. The van der Waals surface area contributed by atoms with E-state index >= 15 is 0 Å². The van der Waals surface area contributed by atoms with Crippen molar-refractivity contribution in [1.82, 2.24) is 9.80 Å². The van der Waals surface area contributed by atoms with Crippen LogP contribution < -0.4 is 14.8 Å². The fraction of sp³-hybridized carbons (Fsp3) is 0.417. The van der Waals surface area contributed by atoms with Crippen molar-refractivity contribution < 1.29 is 19.1 Å². The van der Waals surface area contributed by atoms with Gasteiger partial charge in [0.25, 0.3) is 0 Å². The van der Waals surface area contributed by atoms with Crippen LogP contribution in [0.25, 0.3) is 0 Å². The maximum Gasteiger partial charge on any atom is 0.313 e. The minimum atomic E-state index is -0.569. The van der Waals surface area contributed by atoms with Crippen LogP contribution >= 0.6 is 0 Å². The number of nitrogens with zero attached hydrogens (tertiary/aromatic N) is 2. The number of ether oxygens (including phenoxy) is 2. The Hall–Kier alpha value is -3.06. The van der Waals surface area contributed by atoms with Gasteiger partial charge in [0.2, 0.25) is 6.79 Å². The molecule has 1 fully saturated rings. The van der Waals surface area contributed by atoms with E-state index in [0.29, 0.717) is 13.1 Å². The van der Waals surface area contributed by atoms with Crippen molar-refractivity contribution in [2.45, 2.75) is 33.2 Å². The summed E-state index contributed by atoms with van der Waals surface area (Å²) in [7, 11) is 0. The molecule has 2 heterocycles. The lowest BCUT2D eigenvalue weighted by Crippen LogP contribution is -2.51.